The van der Waals surface area contributed by atoms with Crippen LogP contribution in [0.1, 0.15) is 11.3 Å². The van der Waals surface area contributed by atoms with Crippen LogP contribution in [-0.2, 0) is 17.5 Å². The number of hydrogen-bond acceptors (Lipinski definition) is 4. The molecule has 6 nitrogen and oxygen atoms in total. The van der Waals surface area contributed by atoms with E-state index >= 15 is 0 Å². The first kappa shape index (κ1) is 21.4. The Morgan fingerprint density at radius 2 is 1.81 bits per heavy atom. The number of nitrogens with zero attached hydrogens (tertiary/aromatic N) is 3. The highest BCUT2D eigenvalue weighted by Crippen LogP contribution is 2.35. The fraction of sp³-hybridized carbons (Fsp3) is 0.174. The van der Waals surface area contributed by atoms with Crippen LogP contribution in [-0.4, -0.2) is 27.8 Å². The number of para-hydroxylation sites is 1. The van der Waals surface area contributed by atoms with Gasteiger partial charge in [-0.1, -0.05) is 24.3 Å². The molecule has 0 aliphatic carbocycles. The summed E-state index contributed by atoms with van der Waals surface area (Å²) in [5.74, 6) is 0.0880. The van der Waals surface area contributed by atoms with Crippen molar-refractivity contribution in [2.24, 2.45) is 0 Å². The predicted octanol–water partition coefficient (Wildman–Crippen LogP) is 5.07. The molecule has 1 N–H and O–H groups in total. The third-order valence-corrected chi connectivity index (χ3v) is 5.01. The zero-order chi connectivity index (χ0) is 22.9. The molecule has 2 heterocycles. The summed E-state index contributed by atoms with van der Waals surface area (Å²) >= 11 is 0. The number of hydrogen-bond donors (Lipinski definition) is 1. The highest BCUT2D eigenvalue weighted by molar-refractivity contribution is 5.96. The number of aromatic nitrogens is 3. The number of carbonyl (C=O) groups excluding carboxylic acids is 1. The second-order valence-corrected chi connectivity index (χ2v) is 7.12. The van der Waals surface area contributed by atoms with Gasteiger partial charge in [-0.15, -0.1) is 0 Å². The molecular formula is C23H19F3N4O2. The number of benzene rings is 2. The molecule has 4 aromatic rings. The van der Waals surface area contributed by atoms with Gasteiger partial charge in [0.2, 0.25) is 5.91 Å². The van der Waals surface area contributed by atoms with Gasteiger partial charge in [0.25, 0.3) is 0 Å². The zero-order valence-corrected chi connectivity index (χ0v) is 17.3. The molecular weight excluding hydrogens is 421 g/mol. The van der Waals surface area contributed by atoms with Gasteiger partial charge in [0.15, 0.2) is 5.65 Å². The van der Waals surface area contributed by atoms with Gasteiger partial charge in [-0.05, 0) is 48.4 Å². The van der Waals surface area contributed by atoms with Gasteiger partial charge in [0, 0.05) is 11.6 Å². The van der Waals surface area contributed by atoms with Gasteiger partial charge in [-0.25, -0.2) is 9.67 Å². The molecule has 9 heteroatoms. The Kier molecular flexibility index (Phi) is 5.56. The lowest BCUT2D eigenvalue weighted by Gasteiger charge is -2.13. The molecule has 0 aliphatic heterocycles. The monoisotopic (exact) mass is 440 g/mol. The molecule has 164 valence electrons. The molecule has 0 spiro atoms. The van der Waals surface area contributed by atoms with Crippen LogP contribution in [0.4, 0.5) is 18.9 Å². The Balaban J connectivity index is 1.64. The van der Waals surface area contributed by atoms with Gasteiger partial charge in [0.05, 0.1) is 24.1 Å². The third kappa shape index (κ3) is 4.14. The lowest BCUT2D eigenvalue weighted by molar-refractivity contribution is -0.137. The van der Waals surface area contributed by atoms with E-state index in [1.165, 1.54) is 22.9 Å². The lowest BCUT2D eigenvalue weighted by Crippen LogP contribution is -2.22. The maximum Gasteiger partial charge on any atom is 0.418 e. The second kappa shape index (κ2) is 8.33. The van der Waals surface area contributed by atoms with Crippen LogP contribution < -0.4 is 10.1 Å². The molecule has 0 bridgehead atoms. The Morgan fingerprint density at radius 1 is 1.09 bits per heavy atom. The summed E-state index contributed by atoms with van der Waals surface area (Å²) in [6.07, 6.45) is -2.97. The average Bonchev–Trinajstić information content (AvgIpc) is 3.09. The minimum Gasteiger partial charge on any atom is -0.497 e. The van der Waals surface area contributed by atoms with Crippen LogP contribution >= 0.6 is 0 Å². The normalized spacial score (nSPS) is 11.5. The Labute approximate surface area is 181 Å². The van der Waals surface area contributed by atoms with Crippen molar-refractivity contribution in [1.82, 2.24) is 14.8 Å². The van der Waals surface area contributed by atoms with Crippen LogP contribution in [0, 0.1) is 6.92 Å². The first-order valence-electron chi connectivity index (χ1n) is 9.70. The molecule has 0 aliphatic rings. The Bertz CT molecular complexity index is 1280. The molecule has 0 saturated heterocycles. The van der Waals surface area contributed by atoms with E-state index in [9.17, 15) is 18.0 Å². The number of anilines is 1. The minimum absolute atomic E-state index is 0.282. The molecule has 2 aromatic heterocycles. The highest BCUT2D eigenvalue weighted by atomic mass is 19.4. The third-order valence-electron chi connectivity index (χ3n) is 5.01. The maximum absolute atomic E-state index is 13.2. The van der Waals surface area contributed by atoms with Crippen LogP contribution in [0.2, 0.25) is 0 Å². The summed E-state index contributed by atoms with van der Waals surface area (Å²) in [5.41, 5.74) is 1.71. The molecule has 0 unspecified atom stereocenters. The van der Waals surface area contributed by atoms with Crippen LogP contribution in [0.3, 0.4) is 0 Å². The van der Waals surface area contributed by atoms with Crippen LogP contribution in [0.15, 0.2) is 60.8 Å². The number of fused-ring (bicyclic) bond motifs is 1. The van der Waals surface area contributed by atoms with Crippen LogP contribution in [0.25, 0.3) is 22.2 Å². The molecule has 0 fully saturated rings. The smallest absolute Gasteiger partial charge is 0.418 e. The average molecular weight is 440 g/mol. The Morgan fingerprint density at radius 3 is 2.50 bits per heavy atom. The van der Waals surface area contributed by atoms with E-state index in [4.69, 9.17) is 4.74 Å². The van der Waals surface area contributed by atoms with Gasteiger partial charge in [-0.2, -0.15) is 18.3 Å². The van der Waals surface area contributed by atoms with Crippen molar-refractivity contribution in [2.75, 3.05) is 12.4 Å². The number of halogens is 3. The van der Waals surface area contributed by atoms with E-state index < -0.39 is 17.6 Å². The molecule has 32 heavy (non-hydrogen) atoms. The summed E-state index contributed by atoms with van der Waals surface area (Å²) in [6, 6.07) is 14.2. The Hall–Kier alpha value is -3.88. The molecule has 1 amide bonds. The molecule has 0 radical (unpaired) electrons. The predicted molar refractivity (Wildman–Crippen MR) is 114 cm³/mol. The van der Waals surface area contributed by atoms with Crippen molar-refractivity contribution in [1.29, 1.82) is 0 Å². The van der Waals surface area contributed by atoms with E-state index in [2.05, 4.69) is 15.4 Å². The SMILES string of the molecule is COc1ccc(-c2ccnc3c2c(C)nn3CC(=O)Nc2ccccc2C(F)(F)F)cc1. The highest BCUT2D eigenvalue weighted by Gasteiger charge is 2.33. The zero-order valence-electron chi connectivity index (χ0n) is 17.3. The summed E-state index contributed by atoms with van der Waals surface area (Å²) in [6.45, 7) is 1.51. The first-order chi connectivity index (χ1) is 15.3. The van der Waals surface area contributed by atoms with E-state index in [1.54, 1.807) is 20.2 Å². The number of rotatable bonds is 5. The van der Waals surface area contributed by atoms with E-state index in [1.807, 2.05) is 30.3 Å². The van der Waals surface area contributed by atoms with Crippen molar-refractivity contribution in [2.45, 2.75) is 19.6 Å². The van der Waals surface area contributed by atoms with Gasteiger partial charge in [-0.3, -0.25) is 4.79 Å². The second-order valence-electron chi connectivity index (χ2n) is 7.12. The van der Waals surface area contributed by atoms with Crippen molar-refractivity contribution >= 4 is 22.6 Å². The fourth-order valence-corrected chi connectivity index (χ4v) is 3.57. The summed E-state index contributed by atoms with van der Waals surface area (Å²) < 4.78 is 46.2. The number of methoxy groups -OCH3 is 1. The number of pyridine rings is 1. The number of aryl methyl sites for hydroxylation is 1. The first-order valence-corrected chi connectivity index (χ1v) is 9.70. The summed E-state index contributed by atoms with van der Waals surface area (Å²) in [7, 11) is 1.59. The number of carbonyl (C=O) groups is 1. The van der Waals surface area contributed by atoms with E-state index in [-0.39, 0.29) is 12.2 Å². The van der Waals surface area contributed by atoms with E-state index in [0.29, 0.717) is 11.3 Å². The standard InChI is InChI=1S/C23H19F3N4O2/c1-14-21-17(15-7-9-16(32-2)10-8-15)11-12-27-22(21)30(29-14)13-20(31)28-19-6-4-3-5-18(19)23(24,25)26/h3-12H,13H2,1-2H3,(H,28,31). The molecule has 2 aromatic carbocycles. The largest absolute Gasteiger partial charge is 0.497 e. The molecule has 0 saturated carbocycles. The van der Waals surface area contributed by atoms with Crippen LogP contribution in [0.5, 0.6) is 5.75 Å². The number of nitrogens with one attached hydrogen (secondary N) is 1. The quantitative estimate of drug-likeness (QED) is 0.470. The summed E-state index contributed by atoms with van der Waals surface area (Å²) in [5, 5.41) is 7.51. The fourth-order valence-electron chi connectivity index (χ4n) is 3.57. The summed E-state index contributed by atoms with van der Waals surface area (Å²) in [4.78, 5) is 16.9. The topological polar surface area (TPSA) is 69.0 Å². The number of alkyl halides is 3. The maximum atomic E-state index is 13.2. The van der Waals surface area contributed by atoms with Crippen molar-refractivity contribution in [3.05, 3.63) is 72.1 Å². The van der Waals surface area contributed by atoms with Gasteiger partial charge >= 0.3 is 6.18 Å². The molecule has 0 atom stereocenters. The van der Waals surface area contributed by atoms with Crippen molar-refractivity contribution < 1.29 is 22.7 Å². The van der Waals surface area contributed by atoms with Crippen molar-refractivity contribution in [3.63, 3.8) is 0 Å². The lowest BCUT2D eigenvalue weighted by atomic mass is 10.0. The number of ether oxygens (including phenoxy) is 1. The molecule has 4 rings (SSSR count). The van der Waals surface area contributed by atoms with Crippen molar-refractivity contribution in [3.8, 4) is 16.9 Å². The van der Waals surface area contributed by atoms with E-state index in [0.717, 1.165) is 28.3 Å². The van der Waals surface area contributed by atoms with Gasteiger partial charge in [0.1, 0.15) is 12.3 Å². The van der Waals surface area contributed by atoms with Gasteiger partial charge < -0.3 is 10.1 Å². The minimum atomic E-state index is -4.58. The number of amides is 1.